The van der Waals surface area contributed by atoms with Crippen LogP contribution in [0.4, 0.5) is 5.69 Å². The number of ketones is 1. The number of hydrogen-bond acceptors (Lipinski definition) is 3. The molecule has 88 valence electrons. The van der Waals surface area contributed by atoms with E-state index < -0.39 is 0 Å². The number of anilines is 1. The lowest BCUT2D eigenvalue weighted by Crippen LogP contribution is -2.24. The number of benzene rings is 1. The number of carbonyl (C=O) groups is 1. The molecule has 1 aromatic rings. The highest BCUT2D eigenvalue weighted by Gasteiger charge is 2.09. The molecule has 0 radical (unpaired) electrons. The molecule has 0 aliphatic carbocycles. The van der Waals surface area contributed by atoms with Crippen molar-refractivity contribution >= 4 is 11.5 Å². The molecule has 16 heavy (non-hydrogen) atoms. The van der Waals surface area contributed by atoms with Gasteiger partial charge in [0.2, 0.25) is 0 Å². The Bertz CT molecular complexity index is 399. The molecule has 0 saturated carbocycles. The summed E-state index contributed by atoms with van der Waals surface area (Å²) in [7, 11) is 3.59. The second-order valence-corrected chi connectivity index (χ2v) is 4.17. The topological polar surface area (TPSA) is 29.5 Å². The molecule has 1 rings (SSSR count). The number of hydrogen-bond donors (Lipinski definition) is 0. The van der Waals surface area contributed by atoms with Gasteiger partial charge in [0.25, 0.3) is 0 Å². The van der Waals surface area contributed by atoms with E-state index in [1.165, 1.54) is 0 Å². The monoisotopic (exact) mass is 221 g/mol. The van der Waals surface area contributed by atoms with Gasteiger partial charge in [0.1, 0.15) is 11.5 Å². The standard InChI is InChI=1S/C13H19NO2/c1-9-7-13(16-5)10(2)6-12(9)14(4)8-11(3)15/h6-7H,8H2,1-5H3. The molecule has 0 N–H and O–H groups in total. The minimum atomic E-state index is 0.162. The summed E-state index contributed by atoms with van der Waals surface area (Å²) in [4.78, 5) is 13.0. The van der Waals surface area contributed by atoms with Gasteiger partial charge in [-0.05, 0) is 44.0 Å². The van der Waals surface area contributed by atoms with Gasteiger partial charge in [-0.15, -0.1) is 0 Å². The Morgan fingerprint density at radius 3 is 2.44 bits per heavy atom. The van der Waals surface area contributed by atoms with E-state index in [4.69, 9.17) is 4.74 Å². The Morgan fingerprint density at radius 2 is 1.94 bits per heavy atom. The highest BCUT2D eigenvalue weighted by Crippen LogP contribution is 2.27. The highest BCUT2D eigenvalue weighted by atomic mass is 16.5. The Kier molecular flexibility index (Phi) is 3.93. The van der Waals surface area contributed by atoms with Crippen LogP contribution in [-0.4, -0.2) is 26.5 Å². The molecule has 0 bridgehead atoms. The lowest BCUT2D eigenvalue weighted by molar-refractivity contribution is -0.115. The second kappa shape index (κ2) is 5.01. The Balaban J connectivity index is 3.05. The van der Waals surface area contributed by atoms with E-state index in [-0.39, 0.29) is 5.78 Å². The molecule has 0 amide bonds. The molecule has 0 aliphatic heterocycles. The molecular weight excluding hydrogens is 202 g/mol. The van der Waals surface area contributed by atoms with E-state index in [9.17, 15) is 4.79 Å². The van der Waals surface area contributed by atoms with Crippen LogP contribution < -0.4 is 9.64 Å². The average Bonchev–Trinajstić information content (AvgIpc) is 2.19. The molecule has 0 heterocycles. The molecule has 0 atom stereocenters. The van der Waals surface area contributed by atoms with Crippen molar-refractivity contribution in [3.05, 3.63) is 23.3 Å². The maximum Gasteiger partial charge on any atom is 0.149 e. The lowest BCUT2D eigenvalue weighted by Gasteiger charge is -2.21. The Morgan fingerprint density at radius 1 is 1.31 bits per heavy atom. The minimum absolute atomic E-state index is 0.162. The summed E-state index contributed by atoms with van der Waals surface area (Å²) >= 11 is 0. The van der Waals surface area contributed by atoms with Crippen molar-refractivity contribution in [2.24, 2.45) is 0 Å². The van der Waals surface area contributed by atoms with Crippen molar-refractivity contribution < 1.29 is 9.53 Å². The van der Waals surface area contributed by atoms with Gasteiger partial charge in [0.15, 0.2) is 0 Å². The van der Waals surface area contributed by atoms with Crippen LogP contribution in [0.25, 0.3) is 0 Å². The minimum Gasteiger partial charge on any atom is -0.496 e. The summed E-state index contributed by atoms with van der Waals surface area (Å²) in [6.07, 6.45) is 0. The molecule has 1 aromatic carbocycles. The molecular formula is C13H19NO2. The van der Waals surface area contributed by atoms with Crippen LogP contribution in [0.5, 0.6) is 5.75 Å². The Hall–Kier alpha value is -1.51. The fourth-order valence-electron chi connectivity index (χ4n) is 1.82. The van der Waals surface area contributed by atoms with E-state index in [0.717, 1.165) is 22.6 Å². The number of nitrogens with zero attached hydrogens (tertiary/aromatic N) is 1. The maximum absolute atomic E-state index is 11.1. The van der Waals surface area contributed by atoms with Crippen molar-refractivity contribution in [3.8, 4) is 5.75 Å². The van der Waals surface area contributed by atoms with Gasteiger partial charge < -0.3 is 9.64 Å². The van der Waals surface area contributed by atoms with Gasteiger partial charge >= 0.3 is 0 Å². The zero-order valence-electron chi connectivity index (χ0n) is 10.6. The zero-order valence-corrected chi connectivity index (χ0v) is 10.6. The molecule has 0 fully saturated rings. The van der Waals surface area contributed by atoms with Crippen LogP contribution in [0.2, 0.25) is 0 Å². The average molecular weight is 221 g/mol. The molecule has 0 aromatic heterocycles. The predicted octanol–water partition coefficient (Wildman–Crippen LogP) is 2.34. The second-order valence-electron chi connectivity index (χ2n) is 4.17. The fourth-order valence-corrected chi connectivity index (χ4v) is 1.82. The normalized spacial score (nSPS) is 10.1. The summed E-state index contributed by atoms with van der Waals surface area (Å²) < 4.78 is 5.26. The van der Waals surface area contributed by atoms with Gasteiger partial charge in [-0.1, -0.05) is 0 Å². The third-order valence-corrected chi connectivity index (χ3v) is 2.58. The fraction of sp³-hybridized carbons (Fsp3) is 0.462. The number of likely N-dealkylation sites (N-methyl/N-ethyl adjacent to an activating group) is 1. The summed E-state index contributed by atoms with van der Waals surface area (Å²) in [5, 5.41) is 0. The number of ether oxygens (including phenoxy) is 1. The van der Waals surface area contributed by atoms with E-state index in [2.05, 4.69) is 6.07 Å². The SMILES string of the molecule is COc1cc(C)c(N(C)CC(C)=O)cc1C. The van der Waals surface area contributed by atoms with E-state index >= 15 is 0 Å². The van der Waals surface area contributed by atoms with Crippen LogP contribution >= 0.6 is 0 Å². The van der Waals surface area contributed by atoms with Crippen LogP contribution in [0.1, 0.15) is 18.1 Å². The van der Waals surface area contributed by atoms with Crippen LogP contribution in [-0.2, 0) is 4.79 Å². The molecule has 0 aliphatic rings. The first kappa shape index (κ1) is 12.6. The Labute approximate surface area is 97.0 Å². The molecule has 3 heteroatoms. The smallest absolute Gasteiger partial charge is 0.149 e. The van der Waals surface area contributed by atoms with Crippen LogP contribution in [0.3, 0.4) is 0 Å². The predicted molar refractivity (Wildman–Crippen MR) is 66.4 cm³/mol. The first-order valence-electron chi connectivity index (χ1n) is 5.31. The third kappa shape index (κ3) is 2.75. The van der Waals surface area contributed by atoms with Crippen molar-refractivity contribution in [2.75, 3.05) is 25.6 Å². The largest absolute Gasteiger partial charge is 0.496 e. The van der Waals surface area contributed by atoms with Crippen molar-refractivity contribution in [3.63, 3.8) is 0 Å². The number of aryl methyl sites for hydroxylation is 2. The van der Waals surface area contributed by atoms with Crippen LogP contribution in [0.15, 0.2) is 12.1 Å². The number of Topliss-reactive ketones (excluding diaryl/α,β-unsaturated/α-hetero) is 1. The van der Waals surface area contributed by atoms with Crippen molar-refractivity contribution in [2.45, 2.75) is 20.8 Å². The van der Waals surface area contributed by atoms with Gasteiger partial charge in [0.05, 0.1) is 13.7 Å². The van der Waals surface area contributed by atoms with E-state index in [1.807, 2.05) is 31.9 Å². The van der Waals surface area contributed by atoms with Gasteiger partial charge in [-0.2, -0.15) is 0 Å². The quantitative estimate of drug-likeness (QED) is 0.781. The summed E-state index contributed by atoms with van der Waals surface area (Å²) in [5.74, 6) is 1.05. The summed E-state index contributed by atoms with van der Waals surface area (Å²) in [5.41, 5.74) is 3.28. The third-order valence-electron chi connectivity index (χ3n) is 2.58. The maximum atomic E-state index is 11.1. The van der Waals surface area contributed by atoms with E-state index in [1.54, 1.807) is 14.0 Å². The molecule has 0 spiro atoms. The summed E-state index contributed by atoms with van der Waals surface area (Å²) in [6.45, 7) is 6.06. The van der Waals surface area contributed by atoms with Crippen molar-refractivity contribution in [1.82, 2.24) is 0 Å². The van der Waals surface area contributed by atoms with Crippen molar-refractivity contribution in [1.29, 1.82) is 0 Å². The molecule has 0 saturated heterocycles. The highest BCUT2D eigenvalue weighted by molar-refractivity contribution is 5.81. The van der Waals surface area contributed by atoms with E-state index in [0.29, 0.717) is 6.54 Å². The van der Waals surface area contributed by atoms with Crippen LogP contribution in [0, 0.1) is 13.8 Å². The molecule has 0 unspecified atom stereocenters. The zero-order chi connectivity index (χ0) is 12.3. The van der Waals surface area contributed by atoms with Gasteiger partial charge in [-0.3, -0.25) is 4.79 Å². The number of carbonyl (C=O) groups excluding carboxylic acids is 1. The number of rotatable bonds is 4. The lowest BCUT2D eigenvalue weighted by atomic mass is 10.1. The first-order valence-corrected chi connectivity index (χ1v) is 5.31. The molecule has 3 nitrogen and oxygen atoms in total. The first-order chi connectivity index (χ1) is 7.45. The summed E-state index contributed by atoms with van der Waals surface area (Å²) in [6, 6.07) is 4.05. The van der Waals surface area contributed by atoms with Gasteiger partial charge in [-0.25, -0.2) is 0 Å². The number of methoxy groups -OCH3 is 1. The van der Waals surface area contributed by atoms with Gasteiger partial charge in [0, 0.05) is 12.7 Å².